The third-order valence-corrected chi connectivity index (χ3v) is 7.92. The van der Waals surface area contributed by atoms with Crippen molar-refractivity contribution in [2.75, 3.05) is 31.6 Å². The smallest absolute Gasteiger partial charge is 0.381 e. The first-order valence-corrected chi connectivity index (χ1v) is 13.4. The van der Waals surface area contributed by atoms with Crippen molar-refractivity contribution in [3.63, 3.8) is 0 Å². The normalized spacial score (nSPS) is 18.2. The Morgan fingerprint density at radius 3 is 2.48 bits per heavy atom. The molecule has 2 aliphatic heterocycles. The number of aryl methyl sites for hydroxylation is 1. The molecule has 1 aromatic carbocycles. The molecule has 0 bridgehead atoms. The minimum Gasteiger partial charge on any atom is -0.381 e. The van der Waals surface area contributed by atoms with E-state index in [-0.39, 0.29) is 34.8 Å². The van der Waals surface area contributed by atoms with Gasteiger partial charge in [-0.15, -0.1) is 5.10 Å². The summed E-state index contributed by atoms with van der Waals surface area (Å²) in [7, 11) is 0. The van der Waals surface area contributed by atoms with Gasteiger partial charge in [0, 0.05) is 66.9 Å². The highest BCUT2D eigenvalue weighted by Crippen LogP contribution is 2.35. The number of likely N-dealkylation sites (tertiary alicyclic amines) is 1. The highest BCUT2D eigenvalue weighted by atomic mass is 19.4. The Morgan fingerprint density at radius 2 is 1.80 bits per heavy atom. The molecule has 1 N–H and O–H groups in total. The molecule has 8 nitrogen and oxygen atoms in total. The summed E-state index contributed by atoms with van der Waals surface area (Å²) in [6.45, 7) is 5.51. The Balaban J connectivity index is 1.39. The predicted octanol–water partition coefficient (Wildman–Crippen LogP) is 5.02. The monoisotopic (exact) mass is 561 g/mol. The standard InChI is InChI=1S/C28H31F4N5O3/c1-16(20-4-3-5-23(25(20)29)28(30,31)32)33-26-22-15-37(24(38)14-21(22)17(2)34-35-26)19-6-10-36(11-7-19)27(39)18-8-12-40-13-9-18/h3-5,14-16,18-19H,6-13H2,1-2H3,(H,33,35)/t16-/m1/s1. The maximum Gasteiger partial charge on any atom is 0.419 e. The second kappa shape index (κ2) is 11.1. The molecular formula is C28H31F4N5O3. The molecule has 40 heavy (non-hydrogen) atoms. The Morgan fingerprint density at radius 1 is 1.10 bits per heavy atom. The summed E-state index contributed by atoms with van der Waals surface area (Å²) in [5.41, 5.74) is -1.21. The van der Waals surface area contributed by atoms with Crippen LogP contribution in [-0.2, 0) is 15.7 Å². The average molecular weight is 562 g/mol. The molecule has 4 heterocycles. The quantitative estimate of drug-likeness (QED) is 0.440. The number of aromatic nitrogens is 3. The molecule has 12 heteroatoms. The van der Waals surface area contributed by atoms with Crippen molar-refractivity contribution in [2.24, 2.45) is 5.92 Å². The number of alkyl halides is 3. The van der Waals surface area contributed by atoms with Crippen LogP contribution in [0.25, 0.3) is 10.8 Å². The summed E-state index contributed by atoms with van der Waals surface area (Å²) in [6.07, 6.45) is -0.489. The molecule has 0 saturated carbocycles. The van der Waals surface area contributed by atoms with Crippen molar-refractivity contribution in [1.29, 1.82) is 0 Å². The van der Waals surface area contributed by atoms with Crippen LogP contribution in [0.15, 0.2) is 35.3 Å². The van der Waals surface area contributed by atoms with Gasteiger partial charge in [0.25, 0.3) is 5.56 Å². The van der Waals surface area contributed by atoms with Crippen LogP contribution >= 0.6 is 0 Å². The molecule has 0 unspecified atom stereocenters. The van der Waals surface area contributed by atoms with E-state index in [2.05, 4.69) is 15.5 Å². The third-order valence-electron chi connectivity index (χ3n) is 7.92. The van der Waals surface area contributed by atoms with Crippen molar-refractivity contribution in [3.05, 3.63) is 63.5 Å². The summed E-state index contributed by atoms with van der Waals surface area (Å²) in [5, 5.41) is 12.4. The number of halogens is 4. The van der Waals surface area contributed by atoms with Gasteiger partial charge in [-0.25, -0.2) is 4.39 Å². The highest BCUT2D eigenvalue weighted by Gasteiger charge is 2.35. The number of hydrogen-bond acceptors (Lipinski definition) is 6. The van der Waals surface area contributed by atoms with Crippen LogP contribution in [0.2, 0.25) is 0 Å². The van der Waals surface area contributed by atoms with Crippen molar-refractivity contribution in [1.82, 2.24) is 19.7 Å². The number of amides is 1. The van der Waals surface area contributed by atoms with Gasteiger partial charge in [0.1, 0.15) is 5.82 Å². The van der Waals surface area contributed by atoms with Gasteiger partial charge in [-0.1, -0.05) is 12.1 Å². The minimum atomic E-state index is -4.82. The minimum absolute atomic E-state index is 0.0208. The lowest BCUT2D eigenvalue weighted by Crippen LogP contribution is -2.44. The molecule has 0 aliphatic carbocycles. The van der Waals surface area contributed by atoms with Crippen LogP contribution < -0.4 is 10.9 Å². The Hall–Kier alpha value is -3.54. The number of anilines is 1. The number of nitrogens with zero attached hydrogens (tertiary/aromatic N) is 4. The van der Waals surface area contributed by atoms with Gasteiger partial charge >= 0.3 is 6.18 Å². The second-order valence-corrected chi connectivity index (χ2v) is 10.5. The molecule has 5 rings (SSSR count). The van der Waals surface area contributed by atoms with Gasteiger partial charge in [-0.2, -0.15) is 18.3 Å². The van der Waals surface area contributed by atoms with Gasteiger partial charge < -0.3 is 19.5 Å². The third kappa shape index (κ3) is 5.54. The molecule has 2 saturated heterocycles. The number of hydrogen-bond donors (Lipinski definition) is 1. The number of nitrogens with one attached hydrogen (secondary N) is 1. The van der Waals surface area contributed by atoms with Crippen LogP contribution in [0.3, 0.4) is 0 Å². The molecule has 1 amide bonds. The summed E-state index contributed by atoms with van der Waals surface area (Å²) in [5.74, 6) is -1.00. The summed E-state index contributed by atoms with van der Waals surface area (Å²) < 4.78 is 61.5. The lowest BCUT2D eigenvalue weighted by atomic mass is 9.96. The van der Waals surface area contributed by atoms with Crippen LogP contribution in [0, 0.1) is 18.7 Å². The van der Waals surface area contributed by atoms with Gasteiger partial charge in [-0.3, -0.25) is 9.59 Å². The maximum atomic E-state index is 14.8. The van der Waals surface area contributed by atoms with E-state index in [0.717, 1.165) is 18.9 Å². The van der Waals surface area contributed by atoms with Crippen LogP contribution in [0.5, 0.6) is 0 Å². The summed E-state index contributed by atoms with van der Waals surface area (Å²) in [6, 6.07) is 3.61. The van der Waals surface area contributed by atoms with Crippen molar-refractivity contribution in [3.8, 4) is 0 Å². The first-order valence-electron chi connectivity index (χ1n) is 13.4. The second-order valence-electron chi connectivity index (χ2n) is 10.5. The predicted molar refractivity (Wildman–Crippen MR) is 140 cm³/mol. The number of ether oxygens (including phenoxy) is 1. The summed E-state index contributed by atoms with van der Waals surface area (Å²) >= 11 is 0. The van der Waals surface area contributed by atoms with E-state index in [1.807, 2.05) is 4.90 Å². The maximum absolute atomic E-state index is 14.8. The number of rotatable bonds is 5. The van der Waals surface area contributed by atoms with E-state index in [0.29, 0.717) is 61.7 Å². The van der Waals surface area contributed by atoms with Gasteiger partial charge in [0.2, 0.25) is 5.91 Å². The molecule has 0 radical (unpaired) electrons. The molecule has 214 valence electrons. The molecule has 0 spiro atoms. The summed E-state index contributed by atoms with van der Waals surface area (Å²) in [4.78, 5) is 27.9. The Kier molecular flexibility index (Phi) is 7.80. The molecule has 3 aromatic rings. The zero-order chi connectivity index (χ0) is 28.6. The van der Waals surface area contributed by atoms with Crippen LogP contribution in [0.1, 0.15) is 61.5 Å². The van der Waals surface area contributed by atoms with E-state index < -0.39 is 23.6 Å². The SMILES string of the molecule is Cc1nnc(N[C@H](C)c2cccc(C(F)(F)F)c2F)c2cn(C3CCN(C(=O)C4CCOCC4)CC3)c(=O)cc12. The first kappa shape index (κ1) is 28.0. The molecule has 2 fully saturated rings. The Bertz CT molecular complexity index is 1460. The van der Waals surface area contributed by atoms with Gasteiger partial charge in [0.15, 0.2) is 5.82 Å². The molecule has 2 aromatic heterocycles. The van der Waals surface area contributed by atoms with Crippen LogP contribution in [0.4, 0.5) is 23.4 Å². The lowest BCUT2D eigenvalue weighted by molar-refractivity contribution is -0.140. The average Bonchev–Trinajstić information content (AvgIpc) is 2.94. The van der Waals surface area contributed by atoms with E-state index in [9.17, 15) is 27.2 Å². The topological polar surface area (TPSA) is 89.3 Å². The van der Waals surface area contributed by atoms with Gasteiger partial charge in [-0.05, 0) is 45.6 Å². The fourth-order valence-electron chi connectivity index (χ4n) is 5.61. The number of fused-ring (bicyclic) bond motifs is 1. The number of benzene rings is 1. The van der Waals surface area contributed by atoms with Crippen LogP contribution in [-0.4, -0.2) is 51.9 Å². The fraction of sp³-hybridized carbons (Fsp3) is 0.500. The first-order chi connectivity index (χ1) is 19.0. The molecule has 2 aliphatic rings. The molecule has 1 atom stereocenters. The van der Waals surface area contributed by atoms with E-state index in [1.54, 1.807) is 17.7 Å². The largest absolute Gasteiger partial charge is 0.419 e. The zero-order valence-electron chi connectivity index (χ0n) is 22.3. The Labute approximate surface area is 228 Å². The van der Waals surface area contributed by atoms with E-state index in [1.165, 1.54) is 19.1 Å². The van der Waals surface area contributed by atoms with E-state index >= 15 is 0 Å². The number of piperidine rings is 1. The van der Waals surface area contributed by atoms with Crippen molar-refractivity contribution < 1.29 is 27.1 Å². The number of carbonyl (C=O) groups excluding carboxylic acids is 1. The lowest BCUT2D eigenvalue weighted by Gasteiger charge is -2.35. The fourth-order valence-corrected chi connectivity index (χ4v) is 5.61. The molecular weight excluding hydrogens is 530 g/mol. The number of carbonyl (C=O) groups is 1. The number of pyridine rings is 1. The van der Waals surface area contributed by atoms with Crippen molar-refractivity contribution >= 4 is 22.5 Å². The van der Waals surface area contributed by atoms with Crippen molar-refractivity contribution in [2.45, 2.75) is 57.8 Å². The highest BCUT2D eigenvalue weighted by molar-refractivity contribution is 5.92. The van der Waals surface area contributed by atoms with E-state index in [4.69, 9.17) is 4.74 Å². The van der Waals surface area contributed by atoms with Gasteiger partial charge in [0.05, 0.1) is 17.3 Å². The zero-order valence-corrected chi connectivity index (χ0v) is 22.3.